The fourth-order valence-electron chi connectivity index (χ4n) is 2.61. The topological polar surface area (TPSA) is 93.1 Å². The van der Waals surface area contributed by atoms with Crippen molar-refractivity contribution in [1.82, 2.24) is 15.1 Å². The summed E-state index contributed by atoms with van der Waals surface area (Å²) in [5, 5.41) is 20.9. The SMILES string of the molecule is CC(NC(=O)N1CCN(CCO)CC1)(C(=O)O)C1CC1. The van der Waals surface area contributed by atoms with Gasteiger partial charge in [-0.1, -0.05) is 0 Å². The molecule has 114 valence electrons. The lowest BCUT2D eigenvalue weighted by atomic mass is 9.96. The van der Waals surface area contributed by atoms with Gasteiger partial charge in [0.1, 0.15) is 5.54 Å². The number of β-amino-alcohol motifs (C(OH)–C–C–N with tert-alkyl or cyclic N) is 1. The summed E-state index contributed by atoms with van der Waals surface area (Å²) < 4.78 is 0. The normalized spacial score (nSPS) is 23.2. The van der Waals surface area contributed by atoms with Crippen LogP contribution in [0.5, 0.6) is 0 Å². The quantitative estimate of drug-likeness (QED) is 0.637. The van der Waals surface area contributed by atoms with E-state index < -0.39 is 11.5 Å². The molecular formula is C13H23N3O4. The number of nitrogens with one attached hydrogen (secondary N) is 1. The molecule has 0 aromatic rings. The van der Waals surface area contributed by atoms with Crippen molar-refractivity contribution in [3.05, 3.63) is 0 Å². The summed E-state index contributed by atoms with van der Waals surface area (Å²) in [5.74, 6) is -0.924. The summed E-state index contributed by atoms with van der Waals surface area (Å²) in [6.45, 7) is 4.86. The average molecular weight is 285 g/mol. The van der Waals surface area contributed by atoms with Gasteiger partial charge in [-0.05, 0) is 25.7 Å². The molecule has 20 heavy (non-hydrogen) atoms. The maximum absolute atomic E-state index is 12.2. The van der Waals surface area contributed by atoms with Gasteiger partial charge >= 0.3 is 12.0 Å². The summed E-state index contributed by atoms with van der Waals surface area (Å²) in [6.07, 6.45) is 1.71. The lowest BCUT2D eigenvalue weighted by Gasteiger charge is -2.36. The summed E-state index contributed by atoms with van der Waals surface area (Å²) in [5.41, 5.74) is -1.15. The number of carbonyl (C=O) groups is 2. The largest absolute Gasteiger partial charge is 0.480 e. The first-order valence-electron chi connectivity index (χ1n) is 7.11. The van der Waals surface area contributed by atoms with Crippen LogP contribution in [0.1, 0.15) is 19.8 Å². The van der Waals surface area contributed by atoms with Gasteiger partial charge in [0.05, 0.1) is 6.61 Å². The van der Waals surface area contributed by atoms with Gasteiger partial charge in [-0.2, -0.15) is 0 Å². The Hall–Kier alpha value is -1.34. The van der Waals surface area contributed by atoms with E-state index in [1.165, 1.54) is 0 Å². The third-order valence-corrected chi connectivity index (χ3v) is 4.28. The van der Waals surface area contributed by atoms with Gasteiger partial charge in [0.2, 0.25) is 0 Å². The van der Waals surface area contributed by atoms with Gasteiger partial charge in [0.25, 0.3) is 0 Å². The molecule has 1 heterocycles. The molecule has 1 aliphatic carbocycles. The van der Waals surface area contributed by atoms with Crippen LogP contribution < -0.4 is 5.32 Å². The zero-order valence-corrected chi connectivity index (χ0v) is 11.8. The zero-order valence-electron chi connectivity index (χ0n) is 11.8. The third-order valence-electron chi connectivity index (χ3n) is 4.28. The summed E-state index contributed by atoms with van der Waals surface area (Å²) in [4.78, 5) is 27.3. The number of aliphatic hydroxyl groups excluding tert-OH is 1. The molecule has 7 nitrogen and oxygen atoms in total. The van der Waals surface area contributed by atoms with E-state index in [9.17, 15) is 14.7 Å². The molecule has 1 unspecified atom stereocenters. The van der Waals surface area contributed by atoms with Crippen molar-refractivity contribution in [1.29, 1.82) is 0 Å². The highest BCUT2D eigenvalue weighted by Gasteiger charge is 2.49. The number of aliphatic hydroxyl groups is 1. The second-order valence-corrected chi connectivity index (χ2v) is 5.76. The molecule has 0 aromatic carbocycles. The molecule has 1 saturated carbocycles. The van der Waals surface area contributed by atoms with E-state index in [2.05, 4.69) is 10.2 Å². The van der Waals surface area contributed by atoms with Crippen LogP contribution in [-0.2, 0) is 4.79 Å². The van der Waals surface area contributed by atoms with E-state index in [1.54, 1.807) is 11.8 Å². The molecule has 2 amide bonds. The first-order valence-corrected chi connectivity index (χ1v) is 7.11. The molecule has 1 aliphatic heterocycles. The van der Waals surface area contributed by atoms with Crippen LogP contribution in [0.15, 0.2) is 0 Å². The van der Waals surface area contributed by atoms with Crippen molar-refractivity contribution in [2.75, 3.05) is 39.3 Å². The Kier molecular flexibility index (Phi) is 4.49. The minimum atomic E-state index is -1.15. The fourth-order valence-corrected chi connectivity index (χ4v) is 2.61. The highest BCUT2D eigenvalue weighted by atomic mass is 16.4. The van der Waals surface area contributed by atoms with Crippen LogP contribution in [-0.4, -0.2) is 76.9 Å². The number of carbonyl (C=O) groups excluding carboxylic acids is 1. The van der Waals surface area contributed by atoms with Gasteiger partial charge < -0.3 is 20.4 Å². The second kappa shape index (κ2) is 5.97. The fraction of sp³-hybridized carbons (Fsp3) is 0.846. The average Bonchev–Trinajstić information content (AvgIpc) is 3.24. The van der Waals surface area contributed by atoms with Crippen molar-refractivity contribution in [3.63, 3.8) is 0 Å². The maximum Gasteiger partial charge on any atom is 0.329 e. The Labute approximate surface area is 118 Å². The first kappa shape index (κ1) is 15.1. The number of amides is 2. The monoisotopic (exact) mass is 285 g/mol. The molecule has 0 aromatic heterocycles. The van der Waals surface area contributed by atoms with Crippen LogP contribution in [0, 0.1) is 5.92 Å². The zero-order chi connectivity index (χ0) is 14.8. The van der Waals surface area contributed by atoms with Crippen molar-refractivity contribution in [2.24, 2.45) is 5.92 Å². The predicted octanol–water partition coefficient (Wildman–Crippen LogP) is -0.441. The van der Waals surface area contributed by atoms with E-state index in [0.29, 0.717) is 32.7 Å². The Morgan fingerprint density at radius 2 is 1.85 bits per heavy atom. The second-order valence-electron chi connectivity index (χ2n) is 5.76. The number of nitrogens with zero attached hydrogens (tertiary/aromatic N) is 2. The number of carboxylic acids is 1. The maximum atomic E-state index is 12.2. The van der Waals surface area contributed by atoms with E-state index in [0.717, 1.165) is 12.8 Å². The molecule has 0 radical (unpaired) electrons. The lowest BCUT2D eigenvalue weighted by Crippen LogP contribution is -2.60. The number of carboxylic acid groups (broad SMARTS) is 1. The minimum Gasteiger partial charge on any atom is -0.480 e. The standard InChI is InChI=1S/C13H23N3O4/c1-13(11(18)19,10-2-3-10)14-12(20)16-6-4-15(5-7-16)8-9-17/h10,17H,2-9H2,1H3,(H,14,20)(H,18,19). The Bertz CT molecular complexity index is 378. The molecule has 7 heteroatoms. The number of rotatable bonds is 5. The van der Waals surface area contributed by atoms with Gasteiger partial charge in [0, 0.05) is 32.7 Å². The Morgan fingerprint density at radius 3 is 2.30 bits per heavy atom. The molecule has 2 fully saturated rings. The van der Waals surface area contributed by atoms with Crippen molar-refractivity contribution >= 4 is 12.0 Å². The molecule has 0 bridgehead atoms. The van der Waals surface area contributed by atoms with E-state index in [-0.39, 0.29) is 18.6 Å². The number of aliphatic carboxylic acids is 1. The summed E-state index contributed by atoms with van der Waals surface area (Å²) in [7, 11) is 0. The molecule has 1 atom stereocenters. The predicted molar refractivity (Wildman–Crippen MR) is 72.4 cm³/mol. The van der Waals surface area contributed by atoms with Crippen molar-refractivity contribution in [3.8, 4) is 0 Å². The number of piperazine rings is 1. The molecule has 3 N–H and O–H groups in total. The van der Waals surface area contributed by atoms with Crippen molar-refractivity contribution < 1.29 is 19.8 Å². The van der Waals surface area contributed by atoms with Crippen LogP contribution in [0.3, 0.4) is 0 Å². The Morgan fingerprint density at radius 1 is 1.25 bits per heavy atom. The molecule has 2 aliphatic rings. The van der Waals surface area contributed by atoms with Crippen LogP contribution in [0.25, 0.3) is 0 Å². The van der Waals surface area contributed by atoms with Crippen LogP contribution in [0.4, 0.5) is 4.79 Å². The van der Waals surface area contributed by atoms with Gasteiger partial charge in [-0.15, -0.1) is 0 Å². The number of urea groups is 1. The first-order chi connectivity index (χ1) is 9.47. The number of hydrogen-bond donors (Lipinski definition) is 3. The third kappa shape index (κ3) is 3.21. The summed E-state index contributed by atoms with van der Waals surface area (Å²) in [6, 6.07) is -0.301. The van der Waals surface area contributed by atoms with Gasteiger partial charge in [-0.3, -0.25) is 4.90 Å². The van der Waals surface area contributed by atoms with Gasteiger partial charge in [-0.25, -0.2) is 9.59 Å². The molecule has 0 spiro atoms. The smallest absolute Gasteiger partial charge is 0.329 e. The van der Waals surface area contributed by atoms with E-state index in [1.807, 2.05) is 0 Å². The van der Waals surface area contributed by atoms with E-state index in [4.69, 9.17) is 5.11 Å². The molecule has 2 rings (SSSR count). The number of hydrogen-bond acceptors (Lipinski definition) is 4. The molecular weight excluding hydrogens is 262 g/mol. The van der Waals surface area contributed by atoms with Crippen LogP contribution in [0.2, 0.25) is 0 Å². The highest BCUT2D eigenvalue weighted by molar-refractivity contribution is 5.86. The lowest BCUT2D eigenvalue weighted by molar-refractivity contribution is -0.144. The minimum absolute atomic E-state index is 0.0413. The Balaban J connectivity index is 1.87. The van der Waals surface area contributed by atoms with Crippen molar-refractivity contribution in [2.45, 2.75) is 25.3 Å². The van der Waals surface area contributed by atoms with Gasteiger partial charge in [0.15, 0.2) is 0 Å². The highest BCUT2D eigenvalue weighted by Crippen LogP contribution is 2.39. The summed E-state index contributed by atoms with van der Waals surface area (Å²) >= 11 is 0. The molecule has 1 saturated heterocycles. The van der Waals surface area contributed by atoms with E-state index >= 15 is 0 Å². The van der Waals surface area contributed by atoms with Crippen LogP contribution >= 0.6 is 0 Å².